The summed E-state index contributed by atoms with van der Waals surface area (Å²) in [6.45, 7) is 0.438. The summed E-state index contributed by atoms with van der Waals surface area (Å²) in [5.41, 5.74) is -0.707. The molecule has 0 saturated carbocycles. The van der Waals surface area contributed by atoms with Crippen LogP contribution in [0, 0.1) is 11.8 Å². The minimum Gasteiger partial charge on any atom is -0.550 e. The highest BCUT2D eigenvalue weighted by Gasteiger charge is 2.64. The van der Waals surface area contributed by atoms with E-state index in [0.717, 1.165) is 0 Å². The molecule has 2 bridgehead atoms. The molecule has 3 rings (SSSR count). The third kappa shape index (κ3) is 0.866. The maximum Gasteiger partial charge on any atom is 0.229 e. The van der Waals surface area contributed by atoms with Gasteiger partial charge < -0.3 is 19.5 Å². The van der Waals surface area contributed by atoms with E-state index < -0.39 is 29.5 Å². The number of ether oxygens (including phenoxy) is 1. The van der Waals surface area contributed by atoms with Gasteiger partial charge in [-0.2, -0.15) is 0 Å². The fourth-order valence-corrected chi connectivity index (χ4v) is 2.96. The van der Waals surface area contributed by atoms with Gasteiger partial charge in [0.2, 0.25) is 5.91 Å². The first-order valence-electron chi connectivity index (χ1n) is 4.88. The predicted molar refractivity (Wildman–Crippen MR) is 46.4 cm³/mol. The SMILES string of the molecule is CN1C[C@@]23C=C[C@@H](O2)[C@H](C(=O)[O-])[C@H]3C1=O. The first-order chi connectivity index (χ1) is 7.05. The molecule has 0 radical (unpaired) electrons. The summed E-state index contributed by atoms with van der Waals surface area (Å²) in [4.78, 5) is 24.3. The number of carbonyl (C=O) groups excluding carboxylic acids is 2. The number of fused-ring (bicyclic) bond motifs is 1. The van der Waals surface area contributed by atoms with Crippen LogP contribution in [0.4, 0.5) is 0 Å². The van der Waals surface area contributed by atoms with Crippen LogP contribution in [-0.2, 0) is 14.3 Å². The summed E-state index contributed by atoms with van der Waals surface area (Å²) in [5, 5.41) is 11.0. The average Bonchev–Trinajstić information content (AvgIpc) is 2.75. The summed E-state index contributed by atoms with van der Waals surface area (Å²) in [6.07, 6.45) is 3.06. The van der Waals surface area contributed by atoms with Crippen molar-refractivity contribution in [2.24, 2.45) is 11.8 Å². The number of nitrogens with zero attached hydrogens (tertiary/aromatic N) is 1. The van der Waals surface area contributed by atoms with Crippen LogP contribution in [0.1, 0.15) is 0 Å². The molecule has 0 aliphatic carbocycles. The van der Waals surface area contributed by atoms with Gasteiger partial charge in [0, 0.05) is 18.9 Å². The summed E-state index contributed by atoms with van der Waals surface area (Å²) >= 11 is 0. The quantitative estimate of drug-likeness (QED) is 0.474. The number of carbonyl (C=O) groups is 2. The molecule has 3 heterocycles. The molecule has 0 N–H and O–H groups in total. The zero-order valence-corrected chi connectivity index (χ0v) is 8.17. The van der Waals surface area contributed by atoms with Gasteiger partial charge >= 0.3 is 0 Å². The van der Waals surface area contributed by atoms with E-state index in [0.29, 0.717) is 6.54 Å². The zero-order chi connectivity index (χ0) is 10.8. The van der Waals surface area contributed by atoms with Crippen LogP contribution in [-0.4, -0.2) is 42.1 Å². The summed E-state index contributed by atoms with van der Waals surface area (Å²) in [5.74, 6) is -2.77. The molecule has 5 nitrogen and oxygen atoms in total. The zero-order valence-electron chi connectivity index (χ0n) is 8.17. The van der Waals surface area contributed by atoms with Gasteiger partial charge in [-0.3, -0.25) is 4.79 Å². The fraction of sp³-hybridized carbons (Fsp3) is 0.600. The van der Waals surface area contributed by atoms with Crippen LogP contribution >= 0.6 is 0 Å². The normalized spacial score (nSPS) is 46.3. The topological polar surface area (TPSA) is 69.7 Å². The Balaban J connectivity index is 2.08. The minimum absolute atomic E-state index is 0.156. The van der Waals surface area contributed by atoms with Crippen molar-refractivity contribution < 1.29 is 19.4 Å². The Morgan fingerprint density at radius 1 is 1.73 bits per heavy atom. The maximum atomic E-state index is 11.8. The minimum atomic E-state index is -1.19. The lowest BCUT2D eigenvalue weighted by Crippen LogP contribution is -2.44. The van der Waals surface area contributed by atoms with Crippen molar-refractivity contribution in [3.8, 4) is 0 Å². The third-order valence-corrected chi connectivity index (χ3v) is 3.56. The van der Waals surface area contributed by atoms with Crippen LogP contribution in [0.25, 0.3) is 0 Å². The molecular weight excluding hydrogens is 198 g/mol. The molecule has 80 valence electrons. The molecule has 0 aromatic carbocycles. The fourth-order valence-electron chi connectivity index (χ4n) is 2.96. The van der Waals surface area contributed by atoms with Gasteiger partial charge in [-0.25, -0.2) is 0 Å². The van der Waals surface area contributed by atoms with Gasteiger partial charge in [-0.1, -0.05) is 12.2 Å². The van der Waals surface area contributed by atoms with Gasteiger partial charge in [0.25, 0.3) is 0 Å². The Morgan fingerprint density at radius 3 is 3.13 bits per heavy atom. The number of carboxylic acids is 1. The number of aliphatic carboxylic acids is 1. The molecule has 0 unspecified atom stereocenters. The summed E-state index contributed by atoms with van der Waals surface area (Å²) in [6, 6.07) is 0. The molecule has 0 aromatic rings. The lowest BCUT2D eigenvalue weighted by Gasteiger charge is -2.24. The second-order valence-electron chi connectivity index (χ2n) is 4.41. The molecule has 3 aliphatic rings. The van der Waals surface area contributed by atoms with Gasteiger partial charge in [0.1, 0.15) is 5.60 Å². The Bertz CT molecular complexity index is 391. The van der Waals surface area contributed by atoms with Crippen molar-refractivity contribution in [2.75, 3.05) is 13.6 Å². The van der Waals surface area contributed by atoms with Gasteiger partial charge in [0.05, 0.1) is 18.6 Å². The largest absolute Gasteiger partial charge is 0.550 e. The highest BCUT2D eigenvalue weighted by atomic mass is 16.5. The standard InChI is InChI=1S/C10H11NO4/c1-11-4-10-3-2-5(15-10)6(9(13)14)7(10)8(11)12/h2-3,5-7H,4H2,1H3,(H,13,14)/p-1/t5-,6+,7+,10-/m1/s1. The Morgan fingerprint density at radius 2 is 2.47 bits per heavy atom. The molecule has 2 fully saturated rings. The number of carboxylic acid groups (broad SMARTS) is 1. The Kier molecular flexibility index (Phi) is 1.43. The van der Waals surface area contributed by atoms with E-state index in [-0.39, 0.29) is 5.91 Å². The molecule has 4 atom stereocenters. The van der Waals surface area contributed by atoms with E-state index in [9.17, 15) is 14.7 Å². The van der Waals surface area contributed by atoms with Crippen LogP contribution in [0.15, 0.2) is 12.2 Å². The Labute approximate surface area is 86.3 Å². The predicted octanol–water partition coefficient (Wildman–Crippen LogP) is -1.85. The Hall–Kier alpha value is -1.36. The van der Waals surface area contributed by atoms with Crippen LogP contribution in [0.3, 0.4) is 0 Å². The third-order valence-electron chi connectivity index (χ3n) is 3.56. The molecule has 5 heteroatoms. The number of hydrogen-bond donors (Lipinski definition) is 0. The summed E-state index contributed by atoms with van der Waals surface area (Å²) in [7, 11) is 1.66. The molecule has 15 heavy (non-hydrogen) atoms. The van der Waals surface area contributed by atoms with E-state index in [4.69, 9.17) is 4.74 Å². The summed E-state index contributed by atoms with van der Waals surface area (Å²) < 4.78 is 5.60. The monoisotopic (exact) mass is 208 g/mol. The van der Waals surface area contributed by atoms with Gasteiger partial charge in [0.15, 0.2) is 0 Å². The second-order valence-corrected chi connectivity index (χ2v) is 4.41. The molecule has 1 amide bonds. The van der Waals surface area contributed by atoms with Crippen molar-refractivity contribution in [3.63, 3.8) is 0 Å². The van der Waals surface area contributed by atoms with Crippen molar-refractivity contribution in [1.29, 1.82) is 0 Å². The first kappa shape index (κ1) is 8.91. The van der Waals surface area contributed by atoms with E-state index in [1.54, 1.807) is 13.1 Å². The maximum absolute atomic E-state index is 11.8. The van der Waals surface area contributed by atoms with Crippen LogP contribution < -0.4 is 5.11 Å². The number of rotatable bonds is 1. The van der Waals surface area contributed by atoms with Gasteiger partial charge in [-0.05, 0) is 0 Å². The number of hydrogen-bond acceptors (Lipinski definition) is 4. The molecule has 3 aliphatic heterocycles. The number of amides is 1. The molecular formula is C10H10NO4-. The molecule has 2 saturated heterocycles. The first-order valence-corrected chi connectivity index (χ1v) is 4.88. The molecule has 0 aromatic heterocycles. The lowest BCUT2D eigenvalue weighted by atomic mass is 9.77. The number of likely N-dealkylation sites (N-methyl/N-ethyl adjacent to an activating group) is 1. The van der Waals surface area contributed by atoms with Crippen molar-refractivity contribution in [1.82, 2.24) is 4.90 Å². The lowest BCUT2D eigenvalue weighted by molar-refractivity contribution is -0.313. The average molecular weight is 208 g/mol. The molecule has 1 spiro atoms. The second kappa shape index (κ2) is 2.41. The van der Waals surface area contributed by atoms with Crippen molar-refractivity contribution in [2.45, 2.75) is 11.7 Å². The highest BCUT2D eigenvalue weighted by molar-refractivity contribution is 5.90. The van der Waals surface area contributed by atoms with Crippen molar-refractivity contribution >= 4 is 11.9 Å². The van der Waals surface area contributed by atoms with E-state index >= 15 is 0 Å². The van der Waals surface area contributed by atoms with E-state index in [1.807, 2.05) is 6.08 Å². The van der Waals surface area contributed by atoms with Gasteiger partial charge in [-0.15, -0.1) is 0 Å². The van der Waals surface area contributed by atoms with E-state index in [1.165, 1.54) is 4.90 Å². The van der Waals surface area contributed by atoms with Crippen LogP contribution in [0.5, 0.6) is 0 Å². The smallest absolute Gasteiger partial charge is 0.229 e. The van der Waals surface area contributed by atoms with Crippen LogP contribution in [0.2, 0.25) is 0 Å². The number of likely N-dealkylation sites (tertiary alicyclic amines) is 1. The van der Waals surface area contributed by atoms with E-state index in [2.05, 4.69) is 0 Å². The highest BCUT2D eigenvalue weighted by Crippen LogP contribution is 2.51. The van der Waals surface area contributed by atoms with Crippen molar-refractivity contribution in [3.05, 3.63) is 12.2 Å².